The predicted molar refractivity (Wildman–Crippen MR) is 276 cm³/mol. The first kappa shape index (κ1) is 35.5. The van der Waals surface area contributed by atoms with E-state index in [1.165, 1.54) is 120 Å². The predicted octanol–water partition coefficient (Wildman–Crippen LogP) is 15.4. The number of fused-ring (bicyclic) bond motifs is 20. The molecule has 0 N–H and O–H groups in total. The molecule has 4 heterocycles. The monoisotopic (exact) mass is 841 g/mol. The molecule has 2 aliphatic heterocycles. The zero-order chi connectivity index (χ0) is 42.3. The van der Waals surface area contributed by atoms with E-state index >= 15 is 0 Å². The van der Waals surface area contributed by atoms with Gasteiger partial charge in [0.1, 0.15) is 11.2 Å². The Hall–Kier alpha value is -7.92. The molecular weight excluding hydrogens is 806 g/mol. The number of rotatable bonds is 3. The van der Waals surface area contributed by atoms with Crippen molar-refractivity contribution in [1.82, 2.24) is 0 Å². The summed E-state index contributed by atoms with van der Waals surface area (Å²) in [6, 6.07) is 77.3. The maximum absolute atomic E-state index is 6.27. The van der Waals surface area contributed by atoms with Crippen LogP contribution in [0, 0.1) is 0 Å². The van der Waals surface area contributed by atoms with Gasteiger partial charge in [0.15, 0.2) is 0 Å². The van der Waals surface area contributed by atoms with Crippen LogP contribution in [0.5, 0.6) is 0 Å². The van der Waals surface area contributed by atoms with Gasteiger partial charge in [0.2, 0.25) is 0 Å². The number of anilines is 2. The molecule has 0 spiro atoms. The minimum atomic E-state index is 0.000360. The van der Waals surface area contributed by atoms with Crippen LogP contribution >= 0.6 is 11.3 Å². The highest BCUT2D eigenvalue weighted by Crippen LogP contribution is 2.49. The van der Waals surface area contributed by atoms with Crippen LogP contribution in [0.2, 0.25) is 0 Å². The molecule has 1 aliphatic carbocycles. The van der Waals surface area contributed by atoms with E-state index in [1.54, 1.807) is 0 Å². The van der Waals surface area contributed by atoms with E-state index in [0.29, 0.717) is 0 Å². The normalized spacial score (nSPS) is 13.1. The van der Waals surface area contributed by atoms with E-state index < -0.39 is 0 Å². The van der Waals surface area contributed by atoms with Gasteiger partial charge in [-0.15, -0.1) is 11.3 Å². The zero-order valence-corrected chi connectivity index (χ0v) is 36.0. The van der Waals surface area contributed by atoms with Crippen molar-refractivity contribution < 1.29 is 4.42 Å². The lowest BCUT2D eigenvalue weighted by Crippen LogP contribution is -2.59. The fraction of sp³-hybridized carbons (Fsp3) is 0.0164. The van der Waals surface area contributed by atoms with Gasteiger partial charge < -0.3 is 9.23 Å². The Kier molecular flexibility index (Phi) is 7.28. The largest absolute Gasteiger partial charge is 0.456 e. The summed E-state index contributed by atoms with van der Waals surface area (Å²) in [4.78, 5) is 2.62. The average Bonchev–Trinajstić information content (AvgIpc) is 4.06. The molecule has 4 heteroatoms. The minimum absolute atomic E-state index is 0.000360. The van der Waals surface area contributed by atoms with Crippen molar-refractivity contribution in [3.63, 3.8) is 0 Å². The SMILES string of the molecule is c1ccc2c(c1)Cc1ccc(-c3ccc4c(c3)-c3ccccc3B3c5ccc(-c6ccc7sc8ccccc8c7c6)cc5-c5cc(-c6ccc7oc8ccccc8c7c6)ccc5N34)cc1-2. The number of hydrogen-bond donors (Lipinski definition) is 0. The molecule has 2 aromatic heterocycles. The smallest absolute Gasteiger partial charge is 0.329 e. The Morgan fingerprint density at radius 3 is 1.74 bits per heavy atom. The summed E-state index contributed by atoms with van der Waals surface area (Å²) >= 11 is 1.87. The molecule has 0 atom stereocenters. The van der Waals surface area contributed by atoms with Crippen molar-refractivity contribution in [3.05, 3.63) is 217 Å². The van der Waals surface area contributed by atoms with Crippen LogP contribution in [0.25, 0.3) is 109 Å². The quantitative estimate of drug-likeness (QED) is 0.165. The second-order valence-corrected chi connectivity index (χ2v) is 19.0. The van der Waals surface area contributed by atoms with Gasteiger partial charge in [-0.05, 0) is 157 Å². The van der Waals surface area contributed by atoms with Crippen molar-refractivity contribution in [2.45, 2.75) is 6.42 Å². The molecule has 2 nitrogen and oxygen atoms in total. The van der Waals surface area contributed by atoms with E-state index in [2.05, 4.69) is 205 Å². The molecule has 65 heavy (non-hydrogen) atoms. The number of para-hydroxylation sites is 1. The maximum atomic E-state index is 6.27. The highest BCUT2D eigenvalue weighted by Gasteiger charge is 2.42. The third-order valence-corrected chi connectivity index (χ3v) is 15.7. The van der Waals surface area contributed by atoms with Gasteiger partial charge in [-0.3, -0.25) is 0 Å². The molecule has 10 aromatic carbocycles. The van der Waals surface area contributed by atoms with E-state index in [1.807, 2.05) is 17.4 Å². The number of furan rings is 1. The molecular formula is C61H36BNOS. The van der Waals surface area contributed by atoms with Gasteiger partial charge in [0.05, 0.1) is 0 Å². The number of nitrogens with zero attached hydrogens (tertiary/aromatic N) is 1. The van der Waals surface area contributed by atoms with Gasteiger partial charge in [-0.1, -0.05) is 133 Å². The summed E-state index contributed by atoms with van der Waals surface area (Å²) in [6.07, 6.45) is 1.000. The average molecular weight is 842 g/mol. The van der Waals surface area contributed by atoms with E-state index in [4.69, 9.17) is 4.42 Å². The molecule has 0 unspecified atom stereocenters. The van der Waals surface area contributed by atoms with Crippen LogP contribution in [0.1, 0.15) is 11.1 Å². The summed E-state index contributed by atoms with van der Waals surface area (Å²) in [5.74, 6) is 0. The molecule has 300 valence electrons. The van der Waals surface area contributed by atoms with E-state index in [0.717, 1.165) is 28.4 Å². The molecule has 15 rings (SSSR count). The molecule has 0 fully saturated rings. The van der Waals surface area contributed by atoms with Crippen molar-refractivity contribution in [2.75, 3.05) is 4.81 Å². The van der Waals surface area contributed by atoms with Gasteiger partial charge >= 0.3 is 6.85 Å². The summed E-state index contributed by atoms with van der Waals surface area (Å²) in [5.41, 5.74) is 24.8. The van der Waals surface area contributed by atoms with Crippen molar-refractivity contribution >= 4 is 82.6 Å². The lowest BCUT2D eigenvalue weighted by atomic mass is 9.43. The van der Waals surface area contributed by atoms with Crippen LogP contribution in [-0.4, -0.2) is 6.85 Å². The first-order chi connectivity index (χ1) is 32.2. The van der Waals surface area contributed by atoms with Gasteiger partial charge in [-0.2, -0.15) is 0 Å². The molecule has 0 amide bonds. The molecule has 0 bridgehead atoms. The lowest BCUT2D eigenvalue weighted by molar-refractivity contribution is 0.669. The van der Waals surface area contributed by atoms with E-state index in [-0.39, 0.29) is 6.85 Å². The molecule has 12 aromatic rings. The van der Waals surface area contributed by atoms with Crippen LogP contribution in [0.4, 0.5) is 11.4 Å². The van der Waals surface area contributed by atoms with Crippen molar-refractivity contribution in [3.8, 4) is 66.8 Å². The summed E-state index contributed by atoms with van der Waals surface area (Å²) < 4.78 is 8.92. The first-order valence-corrected chi connectivity index (χ1v) is 23.4. The minimum Gasteiger partial charge on any atom is -0.456 e. The van der Waals surface area contributed by atoms with Gasteiger partial charge in [0, 0.05) is 53.4 Å². The standard InChI is InChI=1S/C61H36BNOS/c1-2-10-44-42(9-1)29-43-18-17-36(30-48(43)44)38-20-25-56-50(32-38)45-11-3-6-14-54(45)62-55-24-19-37(41-23-28-61-53(35-41)47-13-5-8-16-60(47)65-61)31-49(55)51-33-39(21-26-57(51)63(56)62)40-22-27-59-52(34-40)46-12-4-7-15-58(46)64-59/h1-28,30-35H,29H2. The fourth-order valence-electron chi connectivity index (χ4n) is 11.4. The second kappa shape index (κ2) is 13.3. The zero-order valence-electron chi connectivity index (χ0n) is 35.2. The van der Waals surface area contributed by atoms with Crippen molar-refractivity contribution in [1.29, 1.82) is 0 Å². The molecule has 0 saturated carbocycles. The van der Waals surface area contributed by atoms with Crippen molar-refractivity contribution in [2.24, 2.45) is 0 Å². The maximum Gasteiger partial charge on any atom is 0.329 e. The number of thiophene rings is 1. The Bertz CT molecular complexity index is 4020. The van der Waals surface area contributed by atoms with Crippen LogP contribution in [0.3, 0.4) is 0 Å². The number of benzene rings is 10. The highest BCUT2D eigenvalue weighted by molar-refractivity contribution is 7.25. The topological polar surface area (TPSA) is 16.4 Å². The van der Waals surface area contributed by atoms with Crippen LogP contribution in [0.15, 0.2) is 211 Å². The Balaban J connectivity index is 0.927. The lowest BCUT2D eigenvalue weighted by Gasteiger charge is -2.43. The van der Waals surface area contributed by atoms with Gasteiger partial charge in [0.25, 0.3) is 0 Å². The molecule has 0 radical (unpaired) electrons. The van der Waals surface area contributed by atoms with Crippen LogP contribution < -0.4 is 15.7 Å². The van der Waals surface area contributed by atoms with E-state index in [9.17, 15) is 0 Å². The third-order valence-electron chi connectivity index (χ3n) is 14.5. The highest BCUT2D eigenvalue weighted by atomic mass is 32.1. The Morgan fingerprint density at radius 1 is 0.354 bits per heavy atom. The second-order valence-electron chi connectivity index (χ2n) is 17.9. The summed E-state index contributed by atoms with van der Waals surface area (Å²) in [7, 11) is 0. The molecule has 3 aliphatic rings. The number of hydrogen-bond acceptors (Lipinski definition) is 3. The Labute approximate surface area is 380 Å². The molecule has 0 saturated heterocycles. The van der Waals surface area contributed by atoms with Gasteiger partial charge in [-0.25, -0.2) is 0 Å². The Morgan fingerprint density at radius 2 is 0.892 bits per heavy atom. The third kappa shape index (κ3) is 5.17. The summed E-state index contributed by atoms with van der Waals surface area (Å²) in [6.45, 7) is 0.000360. The first-order valence-electron chi connectivity index (χ1n) is 22.5. The van der Waals surface area contributed by atoms with Crippen LogP contribution in [-0.2, 0) is 6.42 Å². The fourth-order valence-corrected chi connectivity index (χ4v) is 12.5. The summed E-state index contributed by atoms with van der Waals surface area (Å²) in [5, 5.41) is 4.92.